The van der Waals surface area contributed by atoms with Crippen molar-refractivity contribution in [2.24, 2.45) is 5.73 Å². The molecule has 0 aliphatic carbocycles. The van der Waals surface area contributed by atoms with Gasteiger partial charge in [-0.2, -0.15) is 13.2 Å². The molecule has 2 nitrogen and oxygen atoms in total. The summed E-state index contributed by atoms with van der Waals surface area (Å²) in [6.07, 6.45) is -4.31. The van der Waals surface area contributed by atoms with Crippen molar-refractivity contribution < 1.29 is 13.2 Å². The number of anilines is 1. The van der Waals surface area contributed by atoms with Gasteiger partial charge in [0, 0.05) is 23.1 Å². The quantitative estimate of drug-likeness (QED) is 0.864. The standard InChI is InChI=1S/C11H12BrF3N2/c1-10(16)5-17(6-10)9-3-2-7(4-8(9)12)11(13,14)15/h2-4H,5-6,16H2,1H3. The first kappa shape index (κ1) is 12.7. The maximum Gasteiger partial charge on any atom is 0.416 e. The van der Waals surface area contributed by atoms with Crippen molar-refractivity contribution in [3.8, 4) is 0 Å². The smallest absolute Gasteiger partial charge is 0.367 e. The molecule has 2 rings (SSSR count). The molecule has 1 aromatic carbocycles. The fourth-order valence-corrected chi connectivity index (χ4v) is 2.57. The highest BCUT2D eigenvalue weighted by Crippen LogP contribution is 2.37. The van der Waals surface area contributed by atoms with Crippen molar-refractivity contribution in [1.29, 1.82) is 0 Å². The number of alkyl halides is 3. The topological polar surface area (TPSA) is 29.3 Å². The van der Waals surface area contributed by atoms with Crippen LogP contribution in [0.15, 0.2) is 22.7 Å². The van der Waals surface area contributed by atoms with Gasteiger partial charge in [0.2, 0.25) is 0 Å². The van der Waals surface area contributed by atoms with E-state index in [1.165, 1.54) is 6.07 Å². The third-order valence-electron chi connectivity index (χ3n) is 2.72. The molecule has 0 bridgehead atoms. The Morgan fingerprint density at radius 2 is 1.94 bits per heavy atom. The van der Waals surface area contributed by atoms with Crippen LogP contribution in [0, 0.1) is 0 Å². The number of rotatable bonds is 1. The summed E-state index contributed by atoms with van der Waals surface area (Å²) in [7, 11) is 0. The second-order valence-corrected chi connectivity index (χ2v) is 5.53. The summed E-state index contributed by atoms with van der Waals surface area (Å²) in [6, 6.07) is 3.66. The molecule has 1 aromatic rings. The molecule has 2 N–H and O–H groups in total. The van der Waals surface area contributed by atoms with Crippen LogP contribution in [0.1, 0.15) is 12.5 Å². The maximum atomic E-state index is 12.5. The van der Waals surface area contributed by atoms with Gasteiger partial charge in [-0.1, -0.05) is 0 Å². The summed E-state index contributed by atoms with van der Waals surface area (Å²) >= 11 is 3.17. The van der Waals surface area contributed by atoms with Crippen LogP contribution >= 0.6 is 15.9 Å². The lowest BCUT2D eigenvalue weighted by Gasteiger charge is -2.47. The molecule has 94 valence electrons. The third-order valence-corrected chi connectivity index (χ3v) is 3.35. The van der Waals surface area contributed by atoms with Crippen LogP contribution in [0.2, 0.25) is 0 Å². The fraction of sp³-hybridized carbons (Fsp3) is 0.455. The highest BCUT2D eigenvalue weighted by atomic mass is 79.9. The highest BCUT2D eigenvalue weighted by Gasteiger charge is 2.37. The lowest BCUT2D eigenvalue weighted by molar-refractivity contribution is -0.137. The number of benzene rings is 1. The van der Waals surface area contributed by atoms with Crippen molar-refractivity contribution in [3.63, 3.8) is 0 Å². The van der Waals surface area contributed by atoms with E-state index in [1.54, 1.807) is 0 Å². The Hall–Kier alpha value is -0.750. The van der Waals surface area contributed by atoms with Crippen LogP contribution in [0.25, 0.3) is 0 Å². The van der Waals surface area contributed by atoms with E-state index in [-0.39, 0.29) is 5.54 Å². The van der Waals surface area contributed by atoms with Gasteiger partial charge >= 0.3 is 6.18 Å². The molecule has 1 aliphatic rings. The van der Waals surface area contributed by atoms with Gasteiger partial charge in [-0.05, 0) is 41.1 Å². The number of hydrogen-bond acceptors (Lipinski definition) is 2. The molecule has 0 radical (unpaired) electrons. The Morgan fingerprint density at radius 1 is 1.35 bits per heavy atom. The average Bonchev–Trinajstić information content (AvgIpc) is 2.12. The predicted octanol–water partition coefficient (Wildman–Crippen LogP) is 3.01. The first-order valence-electron chi connectivity index (χ1n) is 5.10. The monoisotopic (exact) mass is 308 g/mol. The van der Waals surface area contributed by atoms with Crippen LogP contribution < -0.4 is 10.6 Å². The molecular weight excluding hydrogens is 297 g/mol. The molecule has 0 aromatic heterocycles. The molecule has 0 spiro atoms. The molecule has 1 fully saturated rings. The third kappa shape index (κ3) is 2.57. The van der Waals surface area contributed by atoms with Crippen LogP contribution in [0.5, 0.6) is 0 Å². The van der Waals surface area contributed by atoms with Gasteiger partial charge in [0.1, 0.15) is 0 Å². The molecule has 1 saturated heterocycles. The van der Waals surface area contributed by atoms with E-state index in [4.69, 9.17) is 5.73 Å². The number of hydrogen-bond donors (Lipinski definition) is 1. The summed E-state index contributed by atoms with van der Waals surface area (Å²) in [5, 5.41) is 0. The van der Waals surface area contributed by atoms with E-state index < -0.39 is 11.7 Å². The first-order valence-corrected chi connectivity index (χ1v) is 5.89. The average molecular weight is 309 g/mol. The molecule has 0 atom stereocenters. The lowest BCUT2D eigenvalue weighted by atomic mass is 9.93. The summed E-state index contributed by atoms with van der Waals surface area (Å²) in [5.74, 6) is 0. The molecule has 0 amide bonds. The fourth-order valence-electron chi connectivity index (χ4n) is 1.94. The highest BCUT2D eigenvalue weighted by molar-refractivity contribution is 9.10. The Balaban J connectivity index is 2.22. The summed E-state index contributed by atoms with van der Waals surface area (Å²) < 4.78 is 37.8. The largest absolute Gasteiger partial charge is 0.416 e. The van der Waals surface area contributed by atoms with Gasteiger partial charge in [0.05, 0.1) is 11.3 Å². The predicted molar refractivity (Wildman–Crippen MR) is 63.9 cm³/mol. The number of halogens is 4. The van der Waals surface area contributed by atoms with Gasteiger partial charge in [0.15, 0.2) is 0 Å². The van der Waals surface area contributed by atoms with Crippen LogP contribution in [0.4, 0.5) is 18.9 Å². The Kier molecular flexibility index (Phi) is 2.90. The zero-order chi connectivity index (χ0) is 12.8. The summed E-state index contributed by atoms with van der Waals surface area (Å²) in [4.78, 5) is 1.95. The Bertz CT molecular complexity index is 435. The van der Waals surface area contributed by atoms with E-state index in [0.717, 1.165) is 17.8 Å². The second-order valence-electron chi connectivity index (χ2n) is 4.67. The van der Waals surface area contributed by atoms with E-state index in [1.807, 2.05) is 11.8 Å². The van der Waals surface area contributed by atoms with Gasteiger partial charge in [-0.15, -0.1) is 0 Å². The molecule has 1 heterocycles. The molecule has 17 heavy (non-hydrogen) atoms. The van der Waals surface area contributed by atoms with E-state index in [9.17, 15) is 13.2 Å². The van der Waals surface area contributed by atoms with Crippen molar-refractivity contribution in [1.82, 2.24) is 0 Å². The SMILES string of the molecule is CC1(N)CN(c2ccc(C(F)(F)F)cc2Br)C1. The minimum atomic E-state index is -4.31. The normalized spacial score (nSPS) is 19.1. The molecule has 1 aliphatic heterocycles. The summed E-state index contributed by atoms with van der Waals surface area (Å²) in [6.45, 7) is 3.22. The maximum absolute atomic E-state index is 12.5. The molecule has 0 saturated carbocycles. The molecule has 0 unspecified atom stereocenters. The van der Waals surface area contributed by atoms with E-state index in [2.05, 4.69) is 15.9 Å². The van der Waals surface area contributed by atoms with Gasteiger partial charge in [-0.25, -0.2) is 0 Å². The van der Waals surface area contributed by atoms with Crippen LogP contribution in [-0.4, -0.2) is 18.6 Å². The van der Waals surface area contributed by atoms with Crippen molar-refractivity contribution >= 4 is 21.6 Å². The van der Waals surface area contributed by atoms with E-state index >= 15 is 0 Å². The lowest BCUT2D eigenvalue weighted by Crippen LogP contribution is -2.65. The van der Waals surface area contributed by atoms with Gasteiger partial charge in [0.25, 0.3) is 0 Å². The van der Waals surface area contributed by atoms with Crippen LogP contribution in [-0.2, 0) is 6.18 Å². The summed E-state index contributed by atoms with van der Waals surface area (Å²) in [5.41, 5.74) is 5.72. The number of nitrogens with two attached hydrogens (primary N) is 1. The minimum absolute atomic E-state index is 0.248. The number of nitrogens with zero attached hydrogens (tertiary/aromatic N) is 1. The second kappa shape index (κ2) is 3.88. The van der Waals surface area contributed by atoms with Gasteiger partial charge < -0.3 is 10.6 Å². The van der Waals surface area contributed by atoms with Crippen molar-refractivity contribution in [3.05, 3.63) is 28.2 Å². The molecular formula is C11H12BrF3N2. The van der Waals surface area contributed by atoms with Gasteiger partial charge in [-0.3, -0.25) is 0 Å². The van der Waals surface area contributed by atoms with Crippen molar-refractivity contribution in [2.45, 2.75) is 18.6 Å². The Morgan fingerprint density at radius 3 is 2.35 bits per heavy atom. The first-order chi connectivity index (χ1) is 7.69. The Labute approximate surface area is 106 Å². The minimum Gasteiger partial charge on any atom is -0.367 e. The van der Waals surface area contributed by atoms with Crippen LogP contribution in [0.3, 0.4) is 0 Å². The van der Waals surface area contributed by atoms with Crippen molar-refractivity contribution in [2.75, 3.05) is 18.0 Å². The zero-order valence-corrected chi connectivity index (χ0v) is 10.8. The molecule has 6 heteroatoms. The van der Waals surface area contributed by atoms with E-state index in [0.29, 0.717) is 17.6 Å². The zero-order valence-electron chi connectivity index (χ0n) is 9.18.